The Kier molecular flexibility index (Phi) is 4.06. The predicted molar refractivity (Wildman–Crippen MR) is 84.3 cm³/mol. The summed E-state index contributed by atoms with van der Waals surface area (Å²) in [5, 5.41) is 0. The van der Waals surface area contributed by atoms with Gasteiger partial charge in [-0.05, 0) is 30.0 Å². The maximum Gasteiger partial charge on any atom is 0.253 e. The maximum atomic E-state index is 12.5. The Hall–Kier alpha value is -2.40. The van der Waals surface area contributed by atoms with E-state index in [1.807, 2.05) is 36.4 Å². The van der Waals surface area contributed by atoms with Crippen LogP contribution in [0.1, 0.15) is 16.7 Å². The highest BCUT2D eigenvalue weighted by Gasteiger charge is 2.26. The molecule has 0 radical (unpaired) electrons. The summed E-state index contributed by atoms with van der Waals surface area (Å²) in [7, 11) is 0. The van der Waals surface area contributed by atoms with Gasteiger partial charge < -0.3 is 15.6 Å². The van der Waals surface area contributed by atoms with Crippen LogP contribution in [0, 0.1) is 0 Å². The SMILES string of the molecule is NC(Cc1ccccc1)C(=O)N1CCc2cc[nH]c(=O)c2C1. The molecule has 0 bridgehead atoms. The summed E-state index contributed by atoms with van der Waals surface area (Å²) >= 11 is 0. The molecule has 1 amide bonds. The van der Waals surface area contributed by atoms with E-state index in [0.29, 0.717) is 31.5 Å². The van der Waals surface area contributed by atoms with Gasteiger partial charge in [-0.1, -0.05) is 30.3 Å². The lowest BCUT2D eigenvalue weighted by molar-refractivity contribution is -0.133. The first-order chi connectivity index (χ1) is 10.6. The zero-order chi connectivity index (χ0) is 15.5. The number of rotatable bonds is 3. The van der Waals surface area contributed by atoms with Gasteiger partial charge >= 0.3 is 0 Å². The number of carbonyl (C=O) groups excluding carboxylic acids is 1. The van der Waals surface area contributed by atoms with Crippen LogP contribution in [0.2, 0.25) is 0 Å². The summed E-state index contributed by atoms with van der Waals surface area (Å²) in [4.78, 5) is 28.7. The Morgan fingerprint density at radius 1 is 1.27 bits per heavy atom. The lowest BCUT2D eigenvalue weighted by atomic mass is 10.00. The molecule has 0 saturated carbocycles. The molecule has 2 aromatic rings. The maximum absolute atomic E-state index is 12.5. The van der Waals surface area contributed by atoms with Crippen LogP contribution < -0.4 is 11.3 Å². The Morgan fingerprint density at radius 2 is 2.05 bits per heavy atom. The van der Waals surface area contributed by atoms with Gasteiger partial charge in [-0.2, -0.15) is 0 Å². The van der Waals surface area contributed by atoms with Crippen LogP contribution in [0.25, 0.3) is 0 Å². The van der Waals surface area contributed by atoms with E-state index in [0.717, 1.165) is 11.1 Å². The molecule has 1 aromatic heterocycles. The standard InChI is InChI=1S/C17H19N3O2/c18-15(10-12-4-2-1-3-5-12)17(22)20-9-7-13-6-8-19-16(21)14(13)11-20/h1-6,8,15H,7,9-11,18H2,(H,19,21). The number of hydrogen-bond donors (Lipinski definition) is 2. The number of amides is 1. The molecule has 3 N–H and O–H groups in total. The first-order valence-electron chi connectivity index (χ1n) is 7.43. The van der Waals surface area contributed by atoms with Gasteiger partial charge in [0, 0.05) is 18.3 Å². The van der Waals surface area contributed by atoms with Crippen LogP contribution in [-0.2, 0) is 24.2 Å². The molecule has 1 aliphatic rings. The monoisotopic (exact) mass is 297 g/mol. The number of hydrogen-bond acceptors (Lipinski definition) is 3. The van der Waals surface area contributed by atoms with E-state index < -0.39 is 6.04 Å². The number of nitrogens with two attached hydrogens (primary N) is 1. The topological polar surface area (TPSA) is 79.2 Å². The van der Waals surface area contributed by atoms with E-state index in [1.54, 1.807) is 11.1 Å². The minimum Gasteiger partial charge on any atom is -0.336 e. The molecule has 1 atom stereocenters. The molecule has 2 heterocycles. The predicted octanol–water partition coefficient (Wildman–Crippen LogP) is 0.830. The van der Waals surface area contributed by atoms with E-state index >= 15 is 0 Å². The quantitative estimate of drug-likeness (QED) is 0.880. The van der Waals surface area contributed by atoms with E-state index in [9.17, 15) is 9.59 Å². The molecular formula is C17H19N3O2. The van der Waals surface area contributed by atoms with Crippen molar-refractivity contribution in [1.29, 1.82) is 0 Å². The lowest BCUT2D eigenvalue weighted by Gasteiger charge is -2.30. The minimum atomic E-state index is -0.577. The van der Waals surface area contributed by atoms with Gasteiger partial charge in [0.25, 0.3) is 5.56 Å². The van der Waals surface area contributed by atoms with E-state index in [-0.39, 0.29) is 11.5 Å². The van der Waals surface area contributed by atoms with Crippen LogP contribution in [0.15, 0.2) is 47.4 Å². The number of nitrogens with one attached hydrogen (secondary N) is 1. The van der Waals surface area contributed by atoms with Gasteiger partial charge in [-0.25, -0.2) is 0 Å². The van der Waals surface area contributed by atoms with Crippen molar-refractivity contribution in [3.63, 3.8) is 0 Å². The van der Waals surface area contributed by atoms with Gasteiger partial charge in [0.05, 0.1) is 12.6 Å². The van der Waals surface area contributed by atoms with E-state index in [4.69, 9.17) is 5.73 Å². The molecule has 1 unspecified atom stereocenters. The van der Waals surface area contributed by atoms with Crippen molar-refractivity contribution in [2.75, 3.05) is 6.54 Å². The van der Waals surface area contributed by atoms with Crippen LogP contribution in [0.4, 0.5) is 0 Å². The first-order valence-corrected chi connectivity index (χ1v) is 7.43. The molecule has 5 heteroatoms. The van der Waals surface area contributed by atoms with Gasteiger partial charge in [0.2, 0.25) is 5.91 Å². The molecule has 0 saturated heterocycles. The van der Waals surface area contributed by atoms with Gasteiger partial charge in [-0.3, -0.25) is 9.59 Å². The Bertz CT molecular complexity index is 724. The van der Waals surface area contributed by atoms with Crippen LogP contribution in [-0.4, -0.2) is 28.4 Å². The normalized spacial score (nSPS) is 15.2. The number of nitrogens with zero attached hydrogens (tertiary/aromatic N) is 1. The summed E-state index contributed by atoms with van der Waals surface area (Å²) in [6.07, 6.45) is 2.86. The van der Waals surface area contributed by atoms with Crippen molar-refractivity contribution in [3.05, 3.63) is 69.6 Å². The van der Waals surface area contributed by atoms with Crippen molar-refractivity contribution in [3.8, 4) is 0 Å². The van der Waals surface area contributed by atoms with Gasteiger partial charge in [-0.15, -0.1) is 0 Å². The number of aromatic amines is 1. The summed E-state index contributed by atoms with van der Waals surface area (Å²) in [6, 6.07) is 11.1. The highest BCUT2D eigenvalue weighted by atomic mass is 16.2. The average Bonchev–Trinajstić information content (AvgIpc) is 2.55. The number of aromatic nitrogens is 1. The second-order valence-corrected chi connectivity index (χ2v) is 5.62. The molecule has 0 fully saturated rings. The molecule has 22 heavy (non-hydrogen) atoms. The van der Waals surface area contributed by atoms with Crippen LogP contribution in [0.5, 0.6) is 0 Å². The van der Waals surface area contributed by atoms with Gasteiger partial charge in [0.15, 0.2) is 0 Å². The molecule has 0 spiro atoms. The summed E-state index contributed by atoms with van der Waals surface area (Å²) in [5.41, 5.74) is 8.68. The summed E-state index contributed by atoms with van der Waals surface area (Å²) in [5.74, 6) is -0.0993. The molecular weight excluding hydrogens is 278 g/mol. The third kappa shape index (κ3) is 2.94. The van der Waals surface area contributed by atoms with Crippen molar-refractivity contribution in [1.82, 2.24) is 9.88 Å². The number of carbonyl (C=O) groups is 1. The third-order valence-corrected chi connectivity index (χ3v) is 4.09. The highest BCUT2D eigenvalue weighted by molar-refractivity contribution is 5.82. The largest absolute Gasteiger partial charge is 0.336 e. The molecule has 5 nitrogen and oxygen atoms in total. The van der Waals surface area contributed by atoms with Crippen LogP contribution >= 0.6 is 0 Å². The highest BCUT2D eigenvalue weighted by Crippen LogP contribution is 2.16. The molecule has 1 aromatic carbocycles. The number of fused-ring (bicyclic) bond motifs is 1. The number of benzene rings is 1. The second kappa shape index (κ2) is 6.15. The van der Waals surface area contributed by atoms with E-state index in [1.165, 1.54) is 0 Å². The zero-order valence-electron chi connectivity index (χ0n) is 12.3. The Balaban J connectivity index is 1.71. The number of H-pyrrole nitrogens is 1. The zero-order valence-corrected chi connectivity index (χ0v) is 12.3. The van der Waals surface area contributed by atoms with Crippen molar-refractivity contribution in [2.45, 2.75) is 25.4 Å². The fourth-order valence-electron chi connectivity index (χ4n) is 2.86. The fourth-order valence-corrected chi connectivity index (χ4v) is 2.86. The number of pyridine rings is 1. The van der Waals surface area contributed by atoms with Crippen molar-refractivity contribution >= 4 is 5.91 Å². The lowest BCUT2D eigenvalue weighted by Crippen LogP contribution is -2.47. The molecule has 1 aliphatic heterocycles. The summed E-state index contributed by atoms with van der Waals surface area (Å²) in [6.45, 7) is 0.949. The Labute approximate surface area is 128 Å². The Morgan fingerprint density at radius 3 is 2.82 bits per heavy atom. The fraction of sp³-hybridized carbons (Fsp3) is 0.294. The van der Waals surface area contributed by atoms with E-state index in [2.05, 4.69) is 4.98 Å². The van der Waals surface area contributed by atoms with Gasteiger partial charge in [0.1, 0.15) is 0 Å². The molecule has 114 valence electrons. The molecule has 3 rings (SSSR count). The molecule has 0 aliphatic carbocycles. The van der Waals surface area contributed by atoms with Crippen LogP contribution in [0.3, 0.4) is 0 Å². The third-order valence-electron chi connectivity index (χ3n) is 4.09. The van der Waals surface area contributed by atoms with Crippen molar-refractivity contribution < 1.29 is 4.79 Å². The summed E-state index contributed by atoms with van der Waals surface area (Å²) < 4.78 is 0. The average molecular weight is 297 g/mol. The second-order valence-electron chi connectivity index (χ2n) is 5.62. The minimum absolute atomic E-state index is 0.0993. The van der Waals surface area contributed by atoms with Crippen molar-refractivity contribution in [2.24, 2.45) is 5.73 Å². The first kappa shape index (κ1) is 14.5. The smallest absolute Gasteiger partial charge is 0.253 e.